The zero-order valence-corrected chi connectivity index (χ0v) is 12.2. The highest BCUT2D eigenvalue weighted by Gasteiger charge is 2.05. The van der Waals surface area contributed by atoms with Crippen LogP contribution in [0.2, 0.25) is 0 Å². The third-order valence-electron chi connectivity index (χ3n) is 2.34. The van der Waals surface area contributed by atoms with Gasteiger partial charge in [-0.25, -0.2) is 4.98 Å². The molecule has 0 bridgehead atoms. The quantitative estimate of drug-likeness (QED) is 0.465. The molecule has 2 heterocycles. The molecule has 2 rings (SSSR count). The van der Waals surface area contributed by atoms with Gasteiger partial charge in [0.2, 0.25) is 0 Å². The van der Waals surface area contributed by atoms with Crippen molar-refractivity contribution in [2.45, 2.75) is 24.1 Å². The summed E-state index contributed by atoms with van der Waals surface area (Å²) in [6.45, 7) is 1.94. The minimum atomic E-state index is -0.190. The number of aryl methyl sites for hydroxylation is 2. The number of hydrogen-bond donors (Lipinski definition) is 0. The highest BCUT2D eigenvalue weighted by atomic mass is 32.2. The molecule has 6 heteroatoms. The Morgan fingerprint density at radius 2 is 2.42 bits per heavy atom. The van der Waals surface area contributed by atoms with Gasteiger partial charge in [0.15, 0.2) is 4.34 Å². The number of pyridine rings is 1. The number of thiazole rings is 1. The molecular weight excluding hydrogens is 280 g/mol. The molecule has 0 spiro atoms. The number of nitrogens with zero attached hydrogens (tertiary/aromatic N) is 2. The van der Waals surface area contributed by atoms with E-state index < -0.39 is 0 Å². The molecule has 0 aromatic carbocycles. The molecule has 2 aromatic heterocycles. The fourth-order valence-corrected chi connectivity index (χ4v) is 2.99. The lowest BCUT2D eigenvalue weighted by Gasteiger charge is -2.03. The van der Waals surface area contributed by atoms with E-state index in [2.05, 4.69) is 9.97 Å². The Morgan fingerprint density at radius 3 is 3.11 bits per heavy atom. The van der Waals surface area contributed by atoms with Crippen LogP contribution < -0.4 is 0 Å². The summed E-state index contributed by atoms with van der Waals surface area (Å²) in [7, 11) is 0. The van der Waals surface area contributed by atoms with Crippen LogP contribution in [0.4, 0.5) is 0 Å². The van der Waals surface area contributed by atoms with Crippen LogP contribution in [0.3, 0.4) is 0 Å². The molecular formula is C13H14N2O2S2. The predicted octanol–water partition coefficient (Wildman–Crippen LogP) is 3.07. The highest BCUT2D eigenvalue weighted by molar-refractivity contribution is 8.00. The molecule has 0 unspecified atom stereocenters. The molecule has 0 amide bonds. The zero-order valence-electron chi connectivity index (χ0n) is 10.5. The van der Waals surface area contributed by atoms with E-state index in [0.717, 1.165) is 15.6 Å². The van der Waals surface area contributed by atoms with Gasteiger partial charge in [-0.2, -0.15) is 0 Å². The summed E-state index contributed by atoms with van der Waals surface area (Å²) in [5.74, 6) is 0.128. The maximum absolute atomic E-state index is 11.5. The smallest absolute Gasteiger partial charge is 0.306 e. The zero-order chi connectivity index (χ0) is 13.5. The third-order valence-corrected chi connectivity index (χ3v) is 4.31. The van der Waals surface area contributed by atoms with E-state index in [-0.39, 0.29) is 5.97 Å². The van der Waals surface area contributed by atoms with E-state index in [4.69, 9.17) is 4.74 Å². The summed E-state index contributed by atoms with van der Waals surface area (Å²) >= 11 is 3.01. The third kappa shape index (κ3) is 5.00. The maximum Gasteiger partial charge on any atom is 0.306 e. The number of rotatable bonds is 6. The van der Waals surface area contributed by atoms with Crippen LogP contribution in [0.25, 0.3) is 0 Å². The molecule has 0 aliphatic heterocycles. The van der Waals surface area contributed by atoms with Crippen molar-refractivity contribution in [3.63, 3.8) is 0 Å². The maximum atomic E-state index is 11.5. The molecule has 19 heavy (non-hydrogen) atoms. The number of carbonyl (C=O) groups is 1. The Labute approximate surface area is 120 Å². The van der Waals surface area contributed by atoms with Crippen molar-refractivity contribution in [3.8, 4) is 0 Å². The van der Waals surface area contributed by atoms with Crippen LogP contribution in [-0.4, -0.2) is 21.9 Å². The van der Waals surface area contributed by atoms with E-state index in [0.29, 0.717) is 18.8 Å². The van der Waals surface area contributed by atoms with Gasteiger partial charge in [-0.1, -0.05) is 17.8 Å². The molecule has 0 atom stereocenters. The molecule has 0 aliphatic rings. The minimum absolute atomic E-state index is 0.190. The fraction of sp³-hybridized carbons (Fsp3) is 0.308. The average molecular weight is 294 g/mol. The van der Waals surface area contributed by atoms with Crippen molar-refractivity contribution in [1.29, 1.82) is 0 Å². The van der Waals surface area contributed by atoms with Gasteiger partial charge in [0.25, 0.3) is 0 Å². The van der Waals surface area contributed by atoms with Crippen LogP contribution in [0.5, 0.6) is 0 Å². The van der Waals surface area contributed by atoms with Gasteiger partial charge in [-0.15, -0.1) is 11.3 Å². The largest absolute Gasteiger partial charge is 0.454 e. The first-order chi connectivity index (χ1) is 9.24. The monoisotopic (exact) mass is 294 g/mol. The highest BCUT2D eigenvalue weighted by Crippen LogP contribution is 2.22. The number of esters is 1. The molecule has 0 saturated heterocycles. The van der Waals surface area contributed by atoms with E-state index >= 15 is 0 Å². The second kappa shape index (κ2) is 7.25. The van der Waals surface area contributed by atoms with Crippen molar-refractivity contribution in [2.24, 2.45) is 0 Å². The Hall–Kier alpha value is -1.40. The molecule has 4 nitrogen and oxygen atoms in total. The first kappa shape index (κ1) is 14.0. The molecule has 0 radical (unpaired) electrons. The summed E-state index contributed by atoms with van der Waals surface area (Å²) in [5, 5.41) is 1.98. The van der Waals surface area contributed by atoms with Crippen LogP contribution in [0, 0.1) is 6.92 Å². The van der Waals surface area contributed by atoms with Gasteiger partial charge < -0.3 is 4.74 Å². The molecule has 0 fully saturated rings. The van der Waals surface area contributed by atoms with Gasteiger partial charge in [-0.05, 0) is 25.0 Å². The number of aromatic nitrogens is 2. The fourth-order valence-electron chi connectivity index (χ4n) is 1.41. The summed E-state index contributed by atoms with van der Waals surface area (Å²) in [5.41, 5.74) is 2.04. The van der Waals surface area contributed by atoms with E-state index in [1.807, 2.05) is 24.4 Å². The first-order valence-corrected chi connectivity index (χ1v) is 7.70. The summed E-state index contributed by atoms with van der Waals surface area (Å²) in [6, 6.07) is 3.81. The van der Waals surface area contributed by atoms with Gasteiger partial charge in [-0.3, -0.25) is 9.78 Å². The van der Waals surface area contributed by atoms with Gasteiger partial charge in [0.05, 0.1) is 0 Å². The first-order valence-electron chi connectivity index (χ1n) is 5.83. The van der Waals surface area contributed by atoms with Gasteiger partial charge in [0, 0.05) is 29.9 Å². The molecule has 2 aromatic rings. The van der Waals surface area contributed by atoms with Crippen LogP contribution in [0.1, 0.15) is 17.7 Å². The Balaban J connectivity index is 1.65. The second-order valence-electron chi connectivity index (χ2n) is 3.89. The molecule has 0 N–H and O–H groups in total. The van der Waals surface area contributed by atoms with Crippen molar-refractivity contribution in [2.75, 3.05) is 5.94 Å². The number of hydrogen-bond acceptors (Lipinski definition) is 6. The van der Waals surface area contributed by atoms with Crippen molar-refractivity contribution < 1.29 is 9.53 Å². The number of thioether (sulfide) groups is 1. The number of carbonyl (C=O) groups excluding carboxylic acids is 1. The Morgan fingerprint density at radius 1 is 1.53 bits per heavy atom. The van der Waals surface area contributed by atoms with Crippen molar-refractivity contribution in [3.05, 3.63) is 41.2 Å². The Bertz CT molecular complexity index is 528. The predicted molar refractivity (Wildman–Crippen MR) is 76.2 cm³/mol. The normalized spacial score (nSPS) is 10.4. The lowest BCUT2D eigenvalue weighted by atomic mass is 10.2. The summed E-state index contributed by atoms with van der Waals surface area (Å²) < 4.78 is 6.08. The van der Waals surface area contributed by atoms with E-state index in [1.54, 1.807) is 23.7 Å². The van der Waals surface area contributed by atoms with E-state index in [9.17, 15) is 4.79 Å². The average Bonchev–Trinajstić information content (AvgIpc) is 2.83. The van der Waals surface area contributed by atoms with Crippen molar-refractivity contribution in [1.82, 2.24) is 9.97 Å². The molecule has 100 valence electrons. The Kier molecular flexibility index (Phi) is 5.35. The molecule has 0 aliphatic carbocycles. The minimum Gasteiger partial charge on any atom is -0.454 e. The van der Waals surface area contributed by atoms with Crippen LogP contribution >= 0.6 is 23.1 Å². The lowest BCUT2D eigenvalue weighted by Crippen LogP contribution is -2.05. The lowest BCUT2D eigenvalue weighted by molar-refractivity contribution is -0.141. The van der Waals surface area contributed by atoms with Crippen molar-refractivity contribution >= 4 is 29.1 Å². The van der Waals surface area contributed by atoms with E-state index in [1.165, 1.54) is 11.8 Å². The topological polar surface area (TPSA) is 52.1 Å². The standard InChI is InChI=1S/C13H14N2O2S2/c1-10-8-18-13(15-10)19-9-17-12(16)5-4-11-3-2-6-14-7-11/h2-3,6-8H,4-5,9H2,1H3. The molecule has 0 saturated carbocycles. The van der Waals surface area contributed by atoms with Gasteiger partial charge >= 0.3 is 5.97 Å². The SMILES string of the molecule is Cc1csc(SCOC(=O)CCc2cccnc2)n1. The number of ether oxygens (including phenoxy) is 1. The second-order valence-corrected chi connectivity index (χ2v) is 5.92. The summed E-state index contributed by atoms with van der Waals surface area (Å²) in [4.78, 5) is 19.8. The van der Waals surface area contributed by atoms with Crippen LogP contribution in [0.15, 0.2) is 34.2 Å². The van der Waals surface area contributed by atoms with Crippen LogP contribution in [-0.2, 0) is 16.0 Å². The summed E-state index contributed by atoms with van der Waals surface area (Å²) in [6.07, 6.45) is 4.52. The van der Waals surface area contributed by atoms with Gasteiger partial charge in [0.1, 0.15) is 5.94 Å².